The first-order valence-electron chi connectivity index (χ1n) is 6.38. The first kappa shape index (κ1) is 16.5. The van der Waals surface area contributed by atoms with Crippen LogP contribution < -0.4 is 10.6 Å². The van der Waals surface area contributed by atoms with Crippen LogP contribution in [0.2, 0.25) is 0 Å². The summed E-state index contributed by atoms with van der Waals surface area (Å²) in [7, 11) is 1.31. The zero-order valence-corrected chi connectivity index (χ0v) is 13.4. The molecule has 110 valence electrons. The van der Waals surface area contributed by atoms with Crippen molar-refractivity contribution < 1.29 is 14.3 Å². The summed E-state index contributed by atoms with van der Waals surface area (Å²) in [5.41, 5.74) is 0.643. The predicted molar refractivity (Wildman–Crippen MR) is 81.6 cm³/mol. The number of hydrogen-bond acceptors (Lipinski definition) is 3. The Hall–Kier alpha value is -1.56. The van der Waals surface area contributed by atoms with Crippen LogP contribution in [-0.2, 0) is 9.53 Å². The van der Waals surface area contributed by atoms with Crippen molar-refractivity contribution in [3.8, 4) is 0 Å². The Morgan fingerprint density at radius 1 is 1.40 bits per heavy atom. The standard InChI is InChI=1S/C14H19BrN2O3/c1-4-9(2)12(13(18)20-3)17-14(19)16-11-7-5-6-10(15)8-11/h5-9,12H,4H2,1-3H3,(H2,16,17,19)/t9-,12-/m0/s1. The van der Waals surface area contributed by atoms with Gasteiger partial charge in [-0.25, -0.2) is 9.59 Å². The third kappa shape index (κ3) is 4.85. The molecule has 0 aliphatic rings. The molecule has 0 fully saturated rings. The Balaban J connectivity index is 2.69. The van der Waals surface area contributed by atoms with Crippen LogP contribution in [0.1, 0.15) is 20.3 Å². The van der Waals surface area contributed by atoms with E-state index in [4.69, 9.17) is 4.74 Å². The summed E-state index contributed by atoms with van der Waals surface area (Å²) in [6.07, 6.45) is 0.761. The molecule has 5 nitrogen and oxygen atoms in total. The zero-order valence-electron chi connectivity index (χ0n) is 11.8. The van der Waals surface area contributed by atoms with Gasteiger partial charge in [0.25, 0.3) is 0 Å². The van der Waals surface area contributed by atoms with Crippen molar-refractivity contribution >= 4 is 33.6 Å². The Morgan fingerprint density at radius 3 is 2.65 bits per heavy atom. The second-order valence-corrected chi connectivity index (χ2v) is 5.41. The lowest BCUT2D eigenvalue weighted by molar-refractivity contribution is -0.144. The molecular weight excluding hydrogens is 324 g/mol. The van der Waals surface area contributed by atoms with Crippen molar-refractivity contribution in [3.05, 3.63) is 28.7 Å². The number of methoxy groups -OCH3 is 1. The highest BCUT2D eigenvalue weighted by Gasteiger charge is 2.26. The minimum absolute atomic E-state index is 0.00397. The molecule has 0 aliphatic heterocycles. The van der Waals surface area contributed by atoms with Gasteiger partial charge in [-0.3, -0.25) is 0 Å². The SMILES string of the molecule is CC[C@H](C)[C@H](NC(=O)Nc1cccc(Br)c1)C(=O)OC. The summed E-state index contributed by atoms with van der Waals surface area (Å²) in [6, 6.07) is 6.12. The lowest BCUT2D eigenvalue weighted by Gasteiger charge is -2.22. The van der Waals surface area contributed by atoms with Crippen LogP contribution in [-0.4, -0.2) is 25.2 Å². The van der Waals surface area contributed by atoms with Gasteiger partial charge < -0.3 is 15.4 Å². The molecule has 2 amide bonds. The van der Waals surface area contributed by atoms with Gasteiger partial charge in [0.15, 0.2) is 0 Å². The maximum absolute atomic E-state index is 11.9. The van der Waals surface area contributed by atoms with E-state index in [1.165, 1.54) is 7.11 Å². The van der Waals surface area contributed by atoms with Gasteiger partial charge in [0.1, 0.15) is 6.04 Å². The molecule has 1 aromatic rings. The monoisotopic (exact) mass is 342 g/mol. The minimum Gasteiger partial charge on any atom is -0.467 e. The number of benzene rings is 1. The topological polar surface area (TPSA) is 67.4 Å². The quantitative estimate of drug-likeness (QED) is 0.807. The fourth-order valence-electron chi connectivity index (χ4n) is 1.67. The highest BCUT2D eigenvalue weighted by atomic mass is 79.9. The number of ether oxygens (including phenoxy) is 1. The molecule has 1 rings (SSSR count). The van der Waals surface area contributed by atoms with Crippen molar-refractivity contribution in [2.75, 3.05) is 12.4 Å². The fraction of sp³-hybridized carbons (Fsp3) is 0.429. The second kappa shape index (κ2) is 7.89. The molecule has 20 heavy (non-hydrogen) atoms. The molecule has 0 aliphatic carbocycles. The second-order valence-electron chi connectivity index (χ2n) is 4.50. The van der Waals surface area contributed by atoms with Gasteiger partial charge in [-0.15, -0.1) is 0 Å². The zero-order chi connectivity index (χ0) is 15.1. The molecule has 0 aromatic heterocycles. The first-order chi connectivity index (χ1) is 9.47. The van der Waals surface area contributed by atoms with E-state index in [-0.39, 0.29) is 5.92 Å². The van der Waals surface area contributed by atoms with E-state index in [2.05, 4.69) is 26.6 Å². The Bertz CT molecular complexity index is 479. The Morgan fingerprint density at radius 2 is 2.10 bits per heavy atom. The van der Waals surface area contributed by atoms with Crippen molar-refractivity contribution in [2.24, 2.45) is 5.92 Å². The molecule has 0 unspecified atom stereocenters. The molecule has 0 heterocycles. The van der Waals surface area contributed by atoms with E-state index in [1.807, 2.05) is 26.0 Å². The molecule has 6 heteroatoms. The van der Waals surface area contributed by atoms with Gasteiger partial charge in [-0.05, 0) is 24.1 Å². The number of carbonyl (C=O) groups excluding carboxylic acids is 2. The number of amides is 2. The fourth-order valence-corrected chi connectivity index (χ4v) is 2.07. The lowest BCUT2D eigenvalue weighted by Crippen LogP contribution is -2.47. The van der Waals surface area contributed by atoms with Crippen LogP contribution in [0.5, 0.6) is 0 Å². The molecule has 0 saturated carbocycles. The third-order valence-corrected chi connectivity index (χ3v) is 3.53. The summed E-state index contributed by atoms with van der Waals surface area (Å²) >= 11 is 3.33. The number of esters is 1. The molecule has 2 N–H and O–H groups in total. The third-order valence-electron chi connectivity index (χ3n) is 3.04. The number of carbonyl (C=O) groups is 2. The molecule has 1 aromatic carbocycles. The van der Waals surface area contributed by atoms with Crippen LogP contribution in [0.4, 0.5) is 10.5 Å². The largest absolute Gasteiger partial charge is 0.467 e. The summed E-state index contributed by atoms with van der Waals surface area (Å²) < 4.78 is 5.58. The number of urea groups is 1. The van der Waals surface area contributed by atoms with Gasteiger partial charge in [-0.2, -0.15) is 0 Å². The van der Waals surface area contributed by atoms with E-state index in [9.17, 15) is 9.59 Å². The van der Waals surface area contributed by atoms with Gasteiger partial charge in [0.05, 0.1) is 7.11 Å². The van der Waals surface area contributed by atoms with E-state index in [1.54, 1.807) is 12.1 Å². The highest BCUT2D eigenvalue weighted by Crippen LogP contribution is 2.16. The number of rotatable bonds is 5. The van der Waals surface area contributed by atoms with Crippen LogP contribution >= 0.6 is 15.9 Å². The number of hydrogen-bond donors (Lipinski definition) is 2. The summed E-state index contributed by atoms with van der Waals surface area (Å²) in [6.45, 7) is 3.84. The van der Waals surface area contributed by atoms with Crippen LogP contribution in [0, 0.1) is 5.92 Å². The van der Waals surface area contributed by atoms with Gasteiger partial charge >= 0.3 is 12.0 Å². The highest BCUT2D eigenvalue weighted by molar-refractivity contribution is 9.10. The van der Waals surface area contributed by atoms with E-state index < -0.39 is 18.0 Å². The molecule has 0 saturated heterocycles. The summed E-state index contributed by atoms with van der Waals surface area (Å²) in [5.74, 6) is -0.445. The van der Waals surface area contributed by atoms with E-state index in [0.717, 1.165) is 10.9 Å². The molecule has 0 spiro atoms. The first-order valence-corrected chi connectivity index (χ1v) is 7.18. The van der Waals surface area contributed by atoms with Gasteiger partial charge in [0.2, 0.25) is 0 Å². The molecular formula is C14H19BrN2O3. The van der Waals surface area contributed by atoms with Crippen molar-refractivity contribution in [1.82, 2.24) is 5.32 Å². The number of halogens is 1. The summed E-state index contributed by atoms with van der Waals surface area (Å²) in [5, 5.41) is 5.33. The molecule has 0 bridgehead atoms. The predicted octanol–water partition coefficient (Wildman–Crippen LogP) is 3.16. The van der Waals surface area contributed by atoms with Crippen molar-refractivity contribution in [2.45, 2.75) is 26.3 Å². The number of anilines is 1. The number of nitrogens with one attached hydrogen (secondary N) is 2. The normalized spacial score (nSPS) is 13.2. The van der Waals surface area contributed by atoms with Gasteiger partial charge in [-0.1, -0.05) is 42.3 Å². The van der Waals surface area contributed by atoms with Crippen molar-refractivity contribution in [3.63, 3.8) is 0 Å². The lowest BCUT2D eigenvalue weighted by atomic mass is 9.99. The Labute approximate surface area is 127 Å². The Kier molecular flexibility index (Phi) is 6.51. The van der Waals surface area contributed by atoms with Crippen molar-refractivity contribution in [1.29, 1.82) is 0 Å². The molecule has 2 atom stereocenters. The minimum atomic E-state index is -0.655. The van der Waals surface area contributed by atoms with Crippen LogP contribution in [0.25, 0.3) is 0 Å². The van der Waals surface area contributed by atoms with E-state index in [0.29, 0.717) is 5.69 Å². The van der Waals surface area contributed by atoms with Gasteiger partial charge in [0, 0.05) is 10.2 Å². The molecule has 0 radical (unpaired) electrons. The van der Waals surface area contributed by atoms with E-state index >= 15 is 0 Å². The maximum Gasteiger partial charge on any atom is 0.328 e. The van der Waals surface area contributed by atoms with Crippen LogP contribution in [0.3, 0.4) is 0 Å². The smallest absolute Gasteiger partial charge is 0.328 e. The maximum atomic E-state index is 11.9. The average Bonchev–Trinajstić information content (AvgIpc) is 2.43. The summed E-state index contributed by atoms with van der Waals surface area (Å²) in [4.78, 5) is 23.6. The van der Waals surface area contributed by atoms with Crippen LogP contribution in [0.15, 0.2) is 28.7 Å². The average molecular weight is 343 g/mol.